The number of nitrogens with zero attached hydrogens (tertiary/aromatic N) is 2. The molecule has 2 aromatic carbocycles. The molecule has 0 aliphatic heterocycles. The summed E-state index contributed by atoms with van der Waals surface area (Å²) in [4.78, 5) is 32.7. The highest BCUT2D eigenvalue weighted by Crippen LogP contribution is 2.18. The summed E-state index contributed by atoms with van der Waals surface area (Å²) >= 11 is 5.80. The molecule has 0 saturated heterocycles. The van der Waals surface area contributed by atoms with Crippen molar-refractivity contribution >= 4 is 29.0 Å². The molecule has 0 bridgehead atoms. The average Bonchev–Trinajstić information content (AvgIpc) is 2.61. The van der Waals surface area contributed by atoms with Gasteiger partial charge in [0, 0.05) is 16.9 Å². The topological polar surface area (TPSA) is 72.0 Å². The molecule has 0 spiro atoms. The second-order valence-corrected chi connectivity index (χ2v) is 6.34. The summed E-state index contributed by atoms with van der Waals surface area (Å²) in [5, 5.41) is 2.45. The maximum atomic E-state index is 13.7. The van der Waals surface area contributed by atoms with Gasteiger partial charge in [-0.25, -0.2) is 18.7 Å². The molecule has 142 valence electrons. The second-order valence-electron chi connectivity index (χ2n) is 6.00. The molecule has 0 radical (unpaired) electrons. The van der Waals surface area contributed by atoms with Gasteiger partial charge in [-0.05, 0) is 48.9 Å². The third-order valence-corrected chi connectivity index (χ3v) is 4.02. The van der Waals surface area contributed by atoms with Crippen LogP contribution in [0.25, 0.3) is 0 Å². The minimum absolute atomic E-state index is 0.0115. The molecule has 3 rings (SSSR count). The van der Waals surface area contributed by atoms with Gasteiger partial charge in [0.1, 0.15) is 17.2 Å². The van der Waals surface area contributed by atoms with Crippen LogP contribution in [0.15, 0.2) is 48.5 Å². The number of aromatic nitrogens is 2. The zero-order valence-electron chi connectivity index (χ0n) is 14.7. The lowest BCUT2D eigenvalue weighted by Gasteiger charge is -2.09. The molecule has 1 N–H and O–H groups in total. The van der Waals surface area contributed by atoms with Crippen LogP contribution in [0.5, 0.6) is 0 Å². The van der Waals surface area contributed by atoms with E-state index in [0.717, 1.165) is 12.1 Å². The van der Waals surface area contributed by atoms with Gasteiger partial charge < -0.3 is 5.32 Å². The standard InChI is InChI=1S/C20H14ClF2N3O2/c1-11-8-14(26-20(21)24-11)10-17(27)12-4-2-5-13(9-12)25-19(28)18-15(22)6-3-7-16(18)23/h2-9H,10H2,1H3,(H,25,28). The van der Waals surface area contributed by atoms with Gasteiger partial charge in [0.15, 0.2) is 5.78 Å². The third-order valence-electron chi connectivity index (χ3n) is 3.85. The van der Waals surface area contributed by atoms with Gasteiger partial charge >= 0.3 is 0 Å². The average molecular weight is 402 g/mol. The SMILES string of the molecule is Cc1cc(CC(=O)c2cccc(NC(=O)c3c(F)cccc3F)c2)nc(Cl)n1. The smallest absolute Gasteiger partial charge is 0.261 e. The predicted octanol–water partition coefficient (Wildman–Crippen LogP) is 4.39. The van der Waals surface area contributed by atoms with Crippen LogP contribution in [0, 0.1) is 18.6 Å². The highest BCUT2D eigenvalue weighted by atomic mass is 35.5. The summed E-state index contributed by atoms with van der Waals surface area (Å²) in [6.45, 7) is 1.74. The Morgan fingerprint density at radius 2 is 1.71 bits per heavy atom. The predicted molar refractivity (Wildman–Crippen MR) is 101 cm³/mol. The minimum Gasteiger partial charge on any atom is -0.322 e. The molecule has 1 amide bonds. The van der Waals surface area contributed by atoms with E-state index in [1.54, 1.807) is 25.1 Å². The van der Waals surface area contributed by atoms with Crippen LogP contribution in [0.1, 0.15) is 32.1 Å². The number of nitrogens with one attached hydrogen (secondary N) is 1. The molecule has 8 heteroatoms. The molecule has 28 heavy (non-hydrogen) atoms. The van der Waals surface area contributed by atoms with Crippen LogP contribution < -0.4 is 5.32 Å². The van der Waals surface area contributed by atoms with E-state index in [1.807, 2.05) is 0 Å². The van der Waals surface area contributed by atoms with Gasteiger partial charge in [0.25, 0.3) is 5.91 Å². The van der Waals surface area contributed by atoms with Crippen molar-refractivity contribution < 1.29 is 18.4 Å². The number of carbonyl (C=O) groups is 2. The molecule has 0 atom stereocenters. The molecule has 0 saturated carbocycles. The zero-order valence-corrected chi connectivity index (χ0v) is 15.4. The number of benzene rings is 2. The molecule has 0 unspecified atom stereocenters. The lowest BCUT2D eigenvalue weighted by molar-refractivity contribution is 0.0987. The van der Waals surface area contributed by atoms with Crippen molar-refractivity contribution in [3.8, 4) is 0 Å². The Morgan fingerprint density at radius 1 is 1.04 bits per heavy atom. The quantitative estimate of drug-likeness (QED) is 0.508. The first-order valence-corrected chi connectivity index (χ1v) is 8.60. The van der Waals surface area contributed by atoms with E-state index in [-0.39, 0.29) is 23.2 Å². The van der Waals surface area contributed by atoms with E-state index in [0.29, 0.717) is 17.0 Å². The first-order valence-electron chi connectivity index (χ1n) is 8.22. The fourth-order valence-corrected chi connectivity index (χ4v) is 2.87. The van der Waals surface area contributed by atoms with Crippen LogP contribution in [0.2, 0.25) is 5.28 Å². The van der Waals surface area contributed by atoms with Crippen molar-refractivity contribution in [1.82, 2.24) is 9.97 Å². The first-order chi connectivity index (χ1) is 13.3. The van der Waals surface area contributed by atoms with E-state index in [4.69, 9.17) is 11.6 Å². The molecule has 5 nitrogen and oxygen atoms in total. The van der Waals surface area contributed by atoms with Gasteiger partial charge in [0.2, 0.25) is 5.28 Å². The number of carbonyl (C=O) groups excluding carboxylic acids is 2. The molecule has 1 heterocycles. The summed E-state index contributed by atoms with van der Waals surface area (Å²) in [6, 6.07) is 10.9. The maximum absolute atomic E-state index is 13.7. The van der Waals surface area contributed by atoms with Crippen molar-refractivity contribution in [3.63, 3.8) is 0 Å². The van der Waals surface area contributed by atoms with Crippen molar-refractivity contribution in [2.24, 2.45) is 0 Å². The summed E-state index contributed by atoms with van der Waals surface area (Å²) in [7, 11) is 0. The molecule has 3 aromatic rings. The van der Waals surface area contributed by atoms with E-state index in [9.17, 15) is 18.4 Å². The second kappa shape index (κ2) is 8.22. The summed E-state index contributed by atoms with van der Waals surface area (Å²) in [6.07, 6.45) is -0.0115. The van der Waals surface area contributed by atoms with E-state index < -0.39 is 23.1 Å². The van der Waals surface area contributed by atoms with Gasteiger partial charge in [0.05, 0.1) is 12.1 Å². The number of aryl methyl sites for hydroxylation is 1. The molecule has 1 aromatic heterocycles. The zero-order chi connectivity index (χ0) is 20.3. The van der Waals surface area contributed by atoms with E-state index >= 15 is 0 Å². The lowest BCUT2D eigenvalue weighted by Crippen LogP contribution is -2.16. The summed E-state index contributed by atoms with van der Waals surface area (Å²) < 4.78 is 27.5. The Bertz CT molecular complexity index is 1030. The van der Waals surface area contributed by atoms with Gasteiger partial charge in [-0.15, -0.1) is 0 Å². The highest BCUT2D eigenvalue weighted by Gasteiger charge is 2.18. The van der Waals surface area contributed by atoms with Gasteiger partial charge in [-0.2, -0.15) is 0 Å². The van der Waals surface area contributed by atoms with Crippen LogP contribution in [0.4, 0.5) is 14.5 Å². The molecular weight excluding hydrogens is 388 g/mol. The number of hydrogen-bond acceptors (Lipinski definition) is 4. The first kappa shape index (κ1) is 19.6. The Labute approximate surface area is 164 Å². The maximum Gasteiger partial charge on any atom is 0.261 e. The van der Waals surface area contributed by atoms with Crippen LogP contribution in [-0.2, 0) is 6.42 Å². The largest absolute Gasteiger partial charge is 0.322 e. The number of ketones is 1. The van der Waals surface area contributed by atoms with Crippen molar-refractivity contribution in [2.75, 3.05) is 5.32 Å². The van der Waals surface area contributed by atoms with E-state index in [2.05, 4.69) is 15.3 Å². The fraction of sp³-hybridized carbons (Fsp3) is 0.100. The van der Waals surface area contributed by atoms with Crippen LogP contribution in [0.3, 0.4) is 0 Å². The Hall–Kier alpha value is -3.19. The molecule has 0 fully saturated rings. The normalized spacial score (nSPS) is 10.6. The monoisotopic (exact) mass is 401 g/mol. The van der Waals surface area contributed by atoms with Crippen LogP contribution in [-0.4, -0.2) is 21.7 Å². The van der Waals surface area contributed by atoms with Gasteiger partial charge in [-0.3, -0.25) is 9.59 Å². The highest BCUT2D eigenvalue weighted by molar-refractivity contribution is 6.28. The van der Waals surface area contributed by atoms with Crippen molar-refractivity contribution in [3.05, 3.63) is 88.0 Å². The van der Waals surface area contributed by atoms with Crippen molar-refractivity contribution in [2.45, 2.75) is 13.3 Å². The Balaban J connectivity index is 1.78. The van der Waals surface area contributed by atoms with E-state index in [1.165, 1.54) is 18.2 Å². The number of Topliss-reactive ketones (excluding diaryl/α,β-unsaturated/α-hetero) is 1. The Kier molecular flexibility index (Phi) is 5.75. The third kappa shape index (κ3) is 4.55. The van der Waals surface area contributed by atoms with Gasteiger partial charge in [-0.1, -0.05) is 18.2 Å². The van der Waals surface area contributed by atoms with Crippen LogP contribution >= 0.6 is 11.6 Å². The molecule has 0 aliphatic carbocycles. The summed E-state index contributed by atoms with van der Waals surface area (Å²) in [5.41, 5.74) is 0.945. The summed E-state index contributed by atoms with van der Waals surface area (Å²) in [5.74, 6) is -3.15. The molecule has 0 aliphatic rings. The number of anilines is 1. The lowest BCUT2D eigenvalue weighted by atomic mass is 10.1. The number of rotatable bonds is 5. The number of halogens is 3. The fourth-order valence-electron chi connectivity index (χ4n) is 2.63. The number of amides is 1. The minimum atomic E-state index is -0.972. The molecular formula is C20H14ClF2N3O2. The Morgan fingerprint density at radius 3 is 2.39 bits per heavy atom. The number of hydrogen-bond donors (Lipinski definition) is 1. The van der Waals surface area contributed by atoms with Crippen molar-refractivity contribution in [1.29, 1.82) is 0 Å².